The number of nitrogens with one attached hydrogen (secondary N) is 1. The summed E-state index contributed by atoms with van der Waals surface area (Å²) in [5.41, 5.74) is 2.98. The van der Waals surface area contributed by atoms with Gasteiger partial charge in [0.2, 0.25) is 0 Å². The van der Waals surface area contributed by atoms with Gasteiger partial charge in [0.1, 0.15) is 0 Å². The molecule has 3 rings (SSSR count). The van der Waals surface area contributed by atoms with E-state index in [4.69, 9.17) is 0 Å². The van der Waals surface area contributed by atoms with Gasteiger partial charge in [-0.25, -0.2) is 0 Å². The molecule has 1 fully saturated rings. The van der Waals surface area contributed by atoms with Crippen molar-refractivity contribution in [3.8, 4) is 0 Å². The molecule has 1 aliphatic rings. The van der Waals surface area contributed by atoms with Gasteiger partial charge in [-0.1, -0.05) is 15.9 Å². The molecule has 4 nitrogen and oxygen atoms in total. The number of likely N-dealkylation sites (tertiary alicyclic amines) is 1. The molecule has 1 unspecified atom stereocenters. The number of carbonyl (C=O) groups is 1. The van der Waals surface area contributed by atoms with Crippen LogP contribution in [0.5, 0.6) is 0 Å². The van der Waals surface area contributed by atoms with Crippen molar-refractivity contribution in [2.24, 2.45) is 0 Å². The lowest BCUT2D eigenvalue weighted by Crippen LogP contribution is -2.39. The van der Waals surface area contributed by atoms with Gasteiger partial charge in [0, 0.05) is 40.9 Å². The molecule has 1 amide bonds. The van der Waals surface area contributed by atoms with Gasteiger partial charge in [0.25, 0.3) is 5.91 Å². The number of aromatic nitrogens is 2. The number of halogens is 1. The first-order chi connectivity index (χ1) is 10.1. The molecule has 0 spiro atoms. The van der Waals surface area contributed by atoms with Crippen molar-refractivity contribution in [3.63, 3.8) is 0 Å². The minimum absolute atomic E-state index is 0.120. The first-order valence-electron chi connectivity index (χ1n) is 7.20. The smallest absolute Gasteiger partial charge is 0.253 e. The molecule has 5 heteroatoms. The zero-order valence-electron chi connectivity index (χ0n) is 12.0. The Morgan fingerprint density at radius 2 is 2.29 bits per heavy atom. The highest BCUT2D eigenvalue weighted by atomic mass is 79.9. The average molecular weight is 348 g/mol. The quantitative estimate of drug-likeness (QED) is 0.903. The Balaban J connectivity index is 1.76. The molecule has 1 aromatic heterocycles. The molecule has 1 atom stereocenters. The lowest BCUT2D eigenvalue weighted by atomic mass is 9.94. The Morgan fingerprint density at radius 1 is 1.43 bits per heavy atom. The number of aromatic amines is 1. The SMILES string of the molecule is Cc1cc(C(=O)N2CCCC(c3ccn[nH]3)C2)ccc1Br. The van der Waals surface area contributed by atoms with Crippen LogP contribution in [0.4, 0.5) is 0 Å². The number of carbonyl (C=O) groups excluding carboxylic acids is 1. The number of nitrogens with zero attached hydrogens (tertiary/aromatic N) is 2. The summed E-state index contributed by atoms with van der Waals surface area (Å²) >= 11 is 3.47. The second-order valence-electron chi connectivity index (χ2n) is 5.57. The second kappa shape index (κ2) is 6.02. The molecule has 1 aliphatic heterocycles. The summed E-state index contributed by atoms with van der Waals surface area (Å²) in [4.78, 5) is 14.6. The monoisotopic (exact) mass is 347 g/mol. The molecule has 0 saturated carbocycles. The van der Waals surface area contributed by atoms with Crippen molar-refractivity contribution in [1.29, 1.82) is 0 Å². The predicted octanol–water partition coefficient (Wildman–Crippen LogP) is 3.50. The van der Waals surface area contributed by atoms with E-state index in [0.717, 1.165) is 47.2 Å². The highest BCUT2D eigenvalue weighted by molar-refractivity contribution is 9.10. The van der Waals surface area contributed by atoms with E-state index in [-0.39, 0.29) is 5.91 Å². The van der Waals surface area contributed by atoms with Crippen molar-refractivity contribution in [2.45, 2.75) is 25.7 Å². The van der Waals surface area contributed by atoms with E-state index in [0.29, 0.717) is 5.92 Å². The van der Waals surface area contributed by atoms with Crippen LogP contribution in [0.2, 0.25) is 0 Å². The van der Waals surface area contributed by atoms with E-state index in [9.17, 15) is 4.79 Å². The van der Waals surface area contributed by atoms with E-state index < -0.39 is 0 Å². The summed E-state index contributed by atoms with van der Waals surface area (Å²) in [5.74, 6) is 0.483. The Kier molecular flexibility index (Phi) is 4.10. The lowest BCUT2D eigenvalue weighted by molar-refractivity contribution is 0.0705. The minimum atomic E-state index is 0.120. The van der Waals surface area contributed by atoms with Crippen molar-refractivity contribution < 1.29 is 4.79 Å². The number of hydrogen-bond acceptors (Lipinski definition) is 2. The average Bonchev–Trinajstić information content (AvgIpc) is 3.04. The Bertz CT molecular complexity index is 639. The lowest BCUT2D eigenvalue weighted by Gasteiger charge is -2.32. The minimum Gasteiger partial charge on any atom is -0.338 e. The summed E-state index contributed by atoms with van der Waals surface area (Å²) in [7, 11) is 0. The molecule has 1 saturated heterocycles. The highest BCUT2D eigenvalue weighted by Crippen LogP contribution is 2.27. The van der Waals surface area contributed by atoms with Gasteiger partial charge in [-0.05, 0) is 49.6 Å². The van der Waals surface area contributed by atoms with Crippen molar-refractivity contribution >= 4 is 21.8 Å². The number of amides is 1. The fourth-order valence-electron chi connectivity index (χ4n) is 2.87. The van der Waals surface area contributed by atoms with Gasteiger partial charge in [-0.2, -0.15) is 5.10 Å². The number of rotatable bonds is 2. The standard InChI is InChI=1S/C16H18BrN3O/c1-11-9-12(4-5-14(11)17)16(21)20-8-2-3-13(10-20)15-6-7-18-19-15/h4-7,9,13H,2-3,8,10H2,1H3,(H,18,19). The maximum absolute atomic E-state index is 12.7. The predicted molar refractivity (Wildman–Crippen MR) is 85.3 cm³/mol. The van der Waals surface area contributed by atoms with E-state index in [1.54, 1.807) is 6.20 Å². The molecule has 1 N–H and O–H groups in total. The van der Waals surface area contributed by atoms with Crippen LogP contribution in [-0.4, -0.2) is 34.1 Å². The number of hydrogen-bond donors (Lipinski definition) is 1. The van der Waals surface area contributed by atoms with Gasteiger partial charge in [0.15, 0.2) is 0 Å². The summed E-state index contributed by atoms with van der Waals surface area (Å²) in [6.45, 7) is 3.60. The van der Waals surface area contributed by atoms with Crippen LogP contribution >= 0.6 is 15.9 Å². The van der Waals surface area contributed by atoms with Crippen LogP contribution in [0.1, 0.15) is 40.4 Å². The zero-order chi connectivity index (χ0) is 14.8. The fraction of sp³-hybridized carbons (Fsp3) is 0.375. The van der Waals surface area contributed by atoms with Gasteiger partial charge in [0.05, 0.1) is 0 Å². The molecule has 2 aromatic rings. The maximum atomic E-state index is 12.7. The second-order valence-corrected chi connectivity index (χ2v) is 6.42. The summed E-state index contributed by atoms with van der Waals surface area (Å²) in [6, 6.07) is 7.78. The van der Waals surface area contributed by atoms with Crippen LogP contribution in [0, 0.1) is 6.92 Å². The highest BCUT2D eigenvalue weighted by Gasteiger charge is 2.26. The Hall–Kier alpha value is -1.62. The van der Waals surface area contributed by atoms with Gasteiger partial charge in [-0.15, -0.1) is 0 Å². The summed E-state index contributed by atoms with van der Waals surface area (Å²) in [6.07, 6.45) is 3.91. The largest absolute Gasteiger partial charge is 0.338 e. The van der Waals surface area contributed by atoms with Crippen LogP contribution in [0.25, 0.3) is 0 Å². The van der Waals surface area contributed by atoms with Crippen molar-refractivity contribution in [3.05, 3.63) is 51.8 Å². The van der Waals surface area contributed by atoms with Gasteiger partial charge in [-0.3, -0.25) is 9.89 Å². The van der Waals surface area contributed by atoms with E-state index in [2.05, 4.69) is 26.1 Å². The Labute approximate surface area is 132 Å². The molecule has 2 heterocycles. The number of H-pyrrole nitrogens is 1. The molecular formula is C16H18BrN3O. The molecule has 0 radical (unpaired) electrons. The molecule has 1 aromatic carbocycles. The van der Waals surface area contributed by atoms with Crippen LogP contribution in [0.3, 0.4) is 0 Å². The van der Waals surface area contributed by atoms with Crippen LogP contribution < -0.4 is 0 Å². The normalized spacial score (nSPS) is 18.8. The fourth-order valence-corrected chi connectivity index (χ4v) is 3.12. The molecular weight excluding hydrogens is 330 g/mol. The first kappa shape index (κ1) is 14.3. The first-order valence-corrected chi connectivity index (χ1v) is 7.99. The van der Waals surface area contributed by atoms with E-state index in [1.165, 1.54) is 0 Å². The number of piperidine rings is 1. The van der Waals surface area contributed by atoms with E-state index >= 15 is 0 Å². The van der Waals surface area contributed by atoms with Crippen molar-refractivity contribution in [1.82, 2.24) is 15.1 Å². The van der Waals surface area contributed by atoms with Crippen LogP contribution in [-0.2, 0) is 0 Å². The Morgan fingerprint density at radius 3 is 3.00 bits per heavy atom. The van der Waals surface area contributed by atoms with Gasteiger partial charge >= 0.3 is 0 Å². The number of benzene rings is 1. The van der Waals surface area contributed by atoms with E-state index in [1.807, 2.05) is 36.1 Å². The topological polar surface area (TPSA) is 49.0 Å². The zero-order valence-corrected chi connectivity index (χ0v) is 13.6. The maximum Gasteiger partial charge on any atom is 0.253 e. The third-order valence-corrected chi connectivity index (χ3v) is 4.97. The molecule has 0 bridgehead atoms. The third-order valence-electron chi connectivity index (χ3n) is 4.08. The molecule has 21 heavy (non-hydrogen) atoms. The van der Waals surface area contributed by atoms with Crippen molar-refractivity contribution in [2.75, 3.05) is 13.1 Å². The summed E-state index contributed by atoms with van der Waals surface area (Å²) < 4.78 is 1.04. The van der Waals surface area contributed by atoms with Gasteiger partial charge < -0.3 is 4.90 Å². The summed E-state index contributed by atoms with van der Waals surface area (Å²) in [5, 5.41) is 7.04. The number of aryl methyl sites for hydroxylation is 1. The molecule has 110 valence electrons. The van der Waals surface area contributed by atoms with Crippen LogP contribution in [0.15, 0.2) is 34.9 Å². The molecule has 0 aliphatic carbocycles. The third kappa shape index (κ3) is 3.02.